The SMILES string of the molecule is Nc1c(-c2nc3ccc(N4CCN(C5CC5)CC4)cc3[nH]2)c(=O)[nH]c2cc[se]c12. The number of H-pyrrole nitrogens is 2. The van der Waals surface area contributed by atoms with Crippen LogP contribution in [-0.4, -0.2) is 66.6 Å². The number of aromatic nitrogens is 3. The molecule has 3 aromatic heterocycles. The Morgan fingerprint density at radius 3 is 2.69 bits per heavy atom. The van der Waals surface area contributed by atoms with Gasteiger partial charge in [-0.25, -0.2) is 0 Å². The summed E-state index contributed by atoms with van der Waals surface area (Å²) < 4.78 is 1.03. The molecule has 0 spiro atoms. The average Bonchev–Trinajstić information content (AvgIpc) is 3.32. The van der Waals surface area contributed by atoms with Gasteiger partial charge in [-0.15, -0.1) is 0 Å². The minimum atomic E-state index is -0.195. The second kappa shape index (κ2) is 6.49. The molecule has 148 valence electrons. The molecule has 6 rings (SSSR count). The second-order valence-corrected chi connectivity index (χ2v) is 9.87. The van der Waals surface area contributed by atoms with E-state index in [0.717, 1.165) is 53.0 Å². The van der Waals surface area contributed by atoms with Crippen LogP contribution in [0.2, 0.25) is 0 Å². The fourth-order valence-corrected chi connectivity index (χ4v) is 6.08. The predicted octanol–water partition coefficient (Wildman–Crippen LogP) is 1.99. The van der Waals surface area contributed by atoms with E-state index < -0.39 is 0 Å². The van der Waals surface area contributed by atoms with Crippen LogP contribution in [0, 0.1) is 0 Å². The molecule has 1 aliphatic carbocycles. The molecule has 0 amide bonds. The number of pyridine rings is 1. The normalized spacial score (nSPS) is 18.1. The Labute approximate surface area is 173 Å². The number of imidazole rings is 1. The van der Waals surface area contributed by atoms with Gasteiger partial charge >= 0.3 is 154 Å². The standard InChI is InChI=1S/C21H22N6OSe/c22-18-17(21(28)25-15-5-10-29-19(15)18)20-23-14-4-3-13(11-16(14)24-20)27-8-6-26(7-9-27)12-1-2-12/h3-5,10-12H,1-2,6-9H2,(H,23,24)(H3,22,25,28). The van der Waals surface area contributed by atoms with Gasteiger partial charge < -0.3 is 0 Å². The van der Waals surface area contributed by atoms with Crippen LogP contribution in [0.5, 0.6) is 0 Å². The number of benzene rings is 1. The summed E-state index contributed by atoms with van der Waals surface area (Å²) in [6, 6.07) is 9.07. The summed E-state index contributed by atoms with van der Waals surface area (Å²) >= 11 is 0.153. The number of rotatable bonds is 3. The van der Waals surface area contributed by atoms with Crippen molar-refractivity contribution in [3.8, 4) is 11.4 Å². The number of nitrogens with one attached hydrogen (secondary N) is 2. The maximum absolute atomic E-state index is 12.6. The molecular formula is C21H22N6OSe. The number of aromatic amines is 2. The van der Waals surface area contributed by atoms with Gasteiger partial charge in [0.25, 0.3) is 0 Å². The first-order valence-electron chi connectivity index (χ1n) is 10.1. The van der Waals surface area contributed by atoms with E-state index in [4.69, 9.17) is 5.73 Å². The van der Waals surface area contributed by atoms with E-state index in [1.807, 2.05) is 12.1 Å². The van der Waals surface area contributed by atoms with E-state index in [1.54, 1.807) is 0 Å². The van der Waals surface area contributed by atoms with Crippen LogP contribution in [0.15, 0.2) is 34.0 Å². The summed E-state index contributed by atoms with van der Waals surface area (Å²) in [6.45, 7) is 4.37. The van der Waals surface area contributed by atoms with Gasteiger partial charge in [0.1, 0.15) is 0 Å². The summed E-state index contributed by atoms with van der Waals surface area (Å²) in [7, 11) is 0. The van der Waals surface area contributed by atoms with Gasteiger partial charge in [0.15, 0.2) is 0 Å². The Morgan fingerprint density at radius 2 is 1.90 bits per heavy atom. The molecule has 0 bridgehead atoms. The number of hydrogen-bond acceptors (Lipinski definition) is 5. The van der Waals surface area contributed by atoms with Crippen molar-refractivity contribution in [1.82, 2.24) is 19.9 Å². The van der Waals surface area contributed by atoms with Crippen LogP contribution in [0.4, 0.5) is 11.4 Å². The molecular weight excluding hydrogens is 431 g/mol. The van der Waals surface area contributed by atoms with Crippen molar-refractivity contribution in [2.45, 2.75) is 18.9 Å². The quantitative estimate of drug-likeness (QED) is 0.413. The summed E-state index contributed by atoms with van der Waals surface area (Å²) in [5, 5.41) is 0. The summed E-state index contributed by atoms with van der Waals surface area (Å²) in [5.41, 5.74) is 11.0. The third kappa shape index (κ3) is 2.90. The number of hydrogen-bond donors (Lipinski definition) is 3. The monoisotopic (exact) mass is 454 g/mol. The van der Waals surface area contributed by atoms with Crippen molar-refractivity contribution in [1.29, 1.82) is 0 Å². The zero-order valence-electron chi connectivity index (χ0n) is 15.9. The van der Waals surface area contributed by atoms with Crippen LogP contribution in [0.1, 0.15) is 12.8 Å². The molecule has 4 N–H and O–H groups in total. The Morgan fingerprint density at radius 1 is 1.07 bits per heavy atom. The van der Waals surface area contributed by atoms with Gasteiger partial charge in [0.05, 0.1) is 0 Å². The summed E-state index contributed by atoms with van der Waals surface area (Å²) in [6.07, 6.45) is 2.73. The van der Waals surface area contributed by atoms with E-state index in [1.165, 1.54) is 18.5 Å². The van der Waals surface area contributed by atoms with Crippen molar-refractivity contribution >= 4 is 46.7 Å². The van der Waals surface area contributed by atoms with Crippen molar-refractivity contribution in [2.24, 2.45) is 0 Å². The molecule has 1 aliphatic heterocycles. The number of nitrogen functional groups attached to an aromatic ring is 1. The topological polar surface area (TPSA) is 94.0 Å². The van der Waals surface area contributed by atoms with Crippen LogP contribution in [0.3, 0.4) is 0 Å². The molecule has 29 heavy (non-hydrogen) atoms. The van der Waals surface area contributed by atoms with Crippen LogP contribution in [-0.2, 0) is 0 Å². The van der Waals surface area contributed by atoms with E-state index in [0.29, 0.717) is 17.1 Å². The summed E-state index contributed by atoms with van der Waals surface area (Å²) in [5.74, 6) is 0.542. The molecule has 0 unspecified atom stereocenters. The molecule has 0 atom stereocenters. The average molecular weight is 453 g/mol. The molecule has 2 aliphatic rings. The van der Waals surface area contributed by atoms with Crippen molar-refractivity contribution in [3.05, 3.63) is 39.6 Å². The second-order valence-electron chi connectivity index (χ2n) is 7.95. The van der Waals surface area contributed by atoms with E-state index >= 15 is 0 Å². The molecule has 2 fully saturated rings. The fraction of sp³-hybridized carbons (Fsp3) is 0.333. The molecule has 4 aromatic rings. The van der Waals surface area contributed by atoms with E-state index in [9.17, 15) is 4.79 Å². The van der Waals surface area contributed by atoms with E-state index in [2.05, 4.69) is 41.8 Å². The van der Waals surface area contributed by atoms with Gasteiger partial charge in [-0.05, 0) is 12.8 Å². The van der Waals surface area contributed by atoms with Gasteiger partial charge in [-0.2, -0.15) is 0 Å². The number of anilines is 2. The van der Waals surface area contributed by atoms with E-state index in [-0.39, 0.29) is 20.1 Å². The minimum absolute atomic E-state index is 0.153. The van der Waals surface area contributed by atoms with Crippen LogP contribution >= 0.6 is 0 Å². The fourth-order valence-electron chi connectivity index (χ4n) is 4.37. The molecule has 8 heteroatoms. The zero-order valence-corrected chi connectivity index (χ0v) is 17.7. The molecule has 7 nitrogen and oxygen atoms in total. The Balaban J connectivity index is 1.35. The number of fused-ring (bicyclic) bond motifs is 2. The molecule has 4 heterocycles. The molecule has 1 saturated heterocycles. The van der Waals surface area contributed by atoms with Gasteiger partial charge in [-0.3, -0.25) is 0 Å². The first kappa shape index (κ1) is 17.3. The number of nitrogens with two attached hydrogens (primary N) is 1. The first-order chi connectivity index (χ1) is 14.2. The Hall–Kier alpha value is -2.54. The van der Waals surface area contributed by atoms with Gasteiger partial charge in [-0.1, -0.05) is 0 Å². The summed E-state index contributed by atoms with van der Waals surface area (Å²) in [4.78, 5) is 30.7. The first-order valence-corrected chi connectivity index (χ1v) is 11.9. The third-order valence-electron chi connectivity index (χ3n) is 6.10. The van der Waals surface area contributed by atoms with Crippen molar-refractivity contribution in [3.63, 3.8) is 0 Å². The van der Waals surface area contributed by atoms with Crippen LogP contribution in [0.25, 0.3) is 32.2 Å². The molecule has 1 saturated carbocycles. The van der Waals surface area contributed by atoms with Gasteiger partial charge in [0.2, 0.25) is 0 Å². The van der Waals surface area contributed by atoms with Crippen molar-refractivity contribution < 1.29 is 0 Å². The third-order valence-corrected chi connectivity index (χ3v) is 8.09. The zero-order chi connectivity index (χ0) is 19.5. The van der Waals surface area contributed by atoms with Crippen LogP contribution < -0.4 is 16.2 Å². The Kier molecular flexibility index (Phi) is 3.88. The number of nitrogens with zero attached hydrogens (tertiary/aromatic N) is 3. The number of piperazine rings is 1. The molecule has 1 aromatic carbocycles. The maximum atomic E-state index is 12.6. The molecule has 0 radical (unpaired) electrons. The Bertz CT molecular complexity index is 1280. The predicted molar refractivity (Wildman–Crippen MR) is 118 cm³/mol. The van der Waals surface area contributed by atoms with Crippen molar-refractivity contribution in [2.75, 3.05) is 36.8 Å². The van der Waals surface area contributed by atoms with Gasteiger partial charge in [0, 0.05) is 6.04 Å².